The van der Waals surface area contributed by atoms with Crippen LogP contribution in [0.5, 0.6) is 5.88 Å². The summed E-state index contributed by atoms with van der Waals surface area (Å²) in [6.45, 7) is 3.78. The minimum atomic E-state index is 0.602. The molecule has 0 N–H and O–H groups in total. The zero-order chi connectivity index (χ0) is 7.56. The number of nitrogens with zero attached hydrogens (tertiary/aromatic N) is 2. The molecule has 0 saturated carbocycles. The maximum Gasteiger partial charge on any atom is 0.235 e. The van der Waals surface area contributed by atoms with Crippen molar-refractivity contribution in [2.24, 2.45) is 0 Å². The first-order chi connectivity index (χ1) is 4.74. The molecule has 0 aliphatic carbocycles. The van der Waals surface area contributed by atoms with E-state index in [9.17, 15) is 0 Å². The van der Waals surface area contributed by atoms with Crippen molar-refractivity contribution >= 4 is 0 Å². The second kappa shape index (κ2) is 2.64. The highest BCUT2D eigenvalue weighted by atomic mass is 16.5. The maximum atomic E-state index is 4.93. The molecule has 0 atom stereocenters. The van der Waals surface area contributed by atoms with Gasteiger partial charge in [0.05, 0.1) is 24.7 Å². The number of aromatic nitrogens is 2. The van der Waals surface area contributed by atoms with Gasteiger partial charge in [-0.25, -0.2) is 4.98 Å². The van der Waals surface area contributed by atoms with Crippen molar-refractivity contribution in [1.82, 2.24) is 9.97 Å². The van der Waals surface area contributed by atoms with Gasteiger partial charge in [-0.1, -0.05) is 0 Å². The molecule has 0 amide bonds. The molecule has 54 valence electrons. The smallest absolute Gasteiger partial charge is 0.235 e. The Bertz CT molecular complexity index is 235. The van der Waals surface area contributed by atoms with Crippen LogP contribution >= 0.6 is 0 Å². The Hall–Kier alpha value is -1.12. The highest BCUT2D eigenvalue weighted by Crippen LogP contribution is 2.09. The lowest BCUT2D eigenvalue weighted by Crippen LogP contribution is -1.94. The molecule has 0 radical (unpaired) electrons. The third-order valence-corrected chi connectivity index (χ3v) is 1.22. The second-order valence-corrected chi connectivity index (χ2v) is 2.11. The van der Waals surface area contributed by atoms with Crippen LogP contribution < -0.4 is 4.74 Å². The molecule has 0 fully saturated rings. The Morgan fingerprint density at radius 1 is 1.40 bits per heavy atom. The van der Waals surface area contributed by atoms with Crippen molar-refractivity contribution in [2.75, 3.05) is 7.11 Å². The van der Waals surface area contributed by atoms with Crippen LogP contribution in [0.3, 0.4) is 0 Å². The Balaban J connectivity index is 3.07. The fourth-order valence-electron chi connectivity index (χ4n) is 0.787. The molecule has 0 saturated heterocycles. The molecular formula is C7H10N2O. The first kappa shape index (κ1) is 6.99. The molecule has 1 rings (SSSR count). The van der Waals surface area contributed by atoms with Gasteiger partial charge >= 0.3 is 0 Å². The van der Waals surface area contributed by atoms with Crippen molar-refractivity contribution < 1.29 is 4.74 Å². The van der Waals surface area contributed by atoms with Crippen LogP contribution in [0.2, 0.25) is 0 Å². The molecule has 10 heavy (non-hydrogen) atoms. The normalized spacial score (nSPS) is 9.50. The van der Waals surface area contributed by atoms with Crippen molar-refractivity contribution in [3.8, 4) is 5.88 Å². The Morgan fingerprint density at radius 3 is 2.60 bits per heavy atom. The van der Waals surface area contributed by atoms with E-state index in [1.807, 2.05) is 13.8 Å². The first-order valence-electron chi connectivity index (χ1n) is 3.08. The van der Waals surface area contributed by atoms with Gasteiger partial charge in [-0.05, 0) is 13.8 Å². The predicted molar refractivity (Wildman–Crippen MR) is 38.1 cm³/mol. The Kier molecular flexibility index (Phi) is 1.85. The summed E-state index contributed by atoms with van der Waals surface area (Å²) in [5.41, 5.74) is 1.75. The summed E-state index contributed by atoms with van der Waals surface area (Å²) in [6, 6.07) is 0. The molecule has 1 aromatic rings. The van der Waals surface area contributed by atoms with Gasteiger partial charge < -0.3 is 4.74 Å². The summed E-state index contributed by atoms with van der Waals surface area (Å²) in [6.07, 6.45) is 1.69. The van der Waals surface area contributed by atoms with Crippen molar-refractivity contribution in [2.45, 2.75) is 13.8 Å². The van der Waals surface area contributed by atoms with E-state index in [0.717, 1.165) is 11.4 Å². The summed E-state index contributed by atoms with van der Waals surface area (Å²) in [4.78, 5) is 8.17. The van der Waals surface area contributed by atoms with Gasteiger partial charge in [0.2, 0.25) is 5.88 Å². The quantitative estimate of drug-likeness (QED) is 0.583. The van der Waals surface area contributed by atoms with Crippen LogP contribution in [0.15, 0.2) is 6.20 Å². The number of hydrogen-bond acceptors (Lipinski definition) is 3. The fourth-order valence-corrected chi connectivity index (χ4v) is 0.787. The zero-order valence-corrected chi connectivity index (χ0v) is 6.38. The molecule has 0 spiro atoms. The number of methoxy groups -OCH3 is 1. The van der Waals surface area contributed by atoms with Gasteiger partial charge in [-0.3, -0.25) is 4.98 Å². The number of hydrogen-bond donors (Lipinski definition) is 0. The second-order valence-electron chi connectivity index (χ2n) is 2.11. The van der Waals surface area contributed by atoms with E-state index in [1.165, 1.54) is 0 Å². The third-order valence-electron chi connectivity index (χ3n) is 1.22. The van der Waals surface area contributed by atoms with E-state index in [2.05, 4.69) is 9.97 Å². The lowest BCUT2D eigenvalue weighted by atomic mass is 10.4. The van der Waals surface area contributed by atoms with E-state index in [-0.39, 0.29) is 0 Å². The number of ether oxygens (including phenoxy) is 1. The molecule has 1 heterocycles. The summed E-state index contributed by atoms with van der Waals surface area (Å²) < 4.78 is 4.93. The van der Waals surface area contributed by atoms with Gasteiger partial charge in [-0.2, -0.15) is 0 Å². The predicted octanol–water partition coefficient (Wildman–Crippen LogP) is 1.10. The molecule has 0 bridgehead atoms. The Labute approximate surface area is 60.1 Å². The van der Waals surface area contributed by atoms with E-state index in [4.69, 9.17) is 4.74 Å². The maximum absolute atomic E-state index is 4.93. The largest absolute Gasteiger partial charge is 0.480 e. The van der Waals surface area contributed by atoms with Crippen LogP contribution in [-0.2, 0) is 0 Å². The van der Waals surface area contributed by atoms with Gasteiger partial charge in [0.1, 0.15) is 0 Å². The SMILES string of the molecule is COc1ncc(C)nc1C. The average Bonchev–Trinajstić information content (AvgIpc) is 1.88. The van der Waals surface area contributed by atoms with Gasteiger partial charge in [-0.15, -0.1) is 0 Å². The number of aryl methyl sites for hydroxylation is 2. The van der Waals surface area contributed by atoms with Crippen molar-refractivity contribution in [3.05, 3.63) is 17.6 Å². The van der Waals surface area contributed by atoms with E-state index in [1.54, 1.807) is 13.3 Å². The van der Waals surface area contributed by atoms with Crippen molar-refractivity contribution in [1.29, 1.82) is 0 Å². The van der Waals surface area contributed by atoms with E-state index < -0.39 is 0 Å². The lowest BCUT2D eigenvalue weighted by Gasteiger charge is -2.00. The highest BCUT2D eigenvalue weighted by Gasteiger charge is 1.98. The van der Waals surface area contributed by atoms with Gasteiger partial charge in [0.15, 0.2) is 0 Å². The molecule has 0 aliphatic heterocycles. The van der Waals surface area contributed by atoms with E-state index in [0.29, 0.717) is 5.88 Å². The summed E-state index contributed by atoms with van der Waals surface area (Å²) in [7, 11) is 1.59. The monoisotopic (exact) mass is 138 g/mol. The lowest BCUT2D eigenvalue weighted by molar-refractivity contribution is 0.391. The molecule has 0 aliphatic rings. The molecule has 3 heteroatoms. The van der Waals surface area contributed by atoms with E-state index >= 15 is 0 Å². The standard InChI is InChI=1S/C7H10N2O/c1-5-4-8-7(10-3)6(2)9-5/h4H,1-3H3. The number of rotatable bonds is 1. The molecule has 3 nitrogen and oxygen atoms in total. The Morgan fingerprint density at radius 2 is 2.10 bits per heavy atom. The molecular weight excluding hydrogens is 128 g/mol. The summed E-state index contributed by atoms with van der Waals surface area (Å²) in [5.74, 6) is 0.602. The minimum Gasteiger partial charge on any atom is -0.480 e. The zero-order valence-electron chi connectivity index (χ0n) is 6.38. The van der Waals surface area contributed by atoms with Crippen LogP contribution in [-0.4, -0.2) is 17.1 Å². The highest BCUT2D eigenvalue weighted by molar-refractivity contribution is 5.17. The van der Waals surface area contributed by atoms with Crippen LogP contribution in [0, 0.1) is 13.8 Å². The van der Waals surface area contributed by atoms with Gasteiger partial charge in [0, 0.05) is 0 Å². The van der Waals surface area contributed by atoms with Crippen LogP contribution in [0.25, 0.3) is 0 Å². The third kappa shape index (κ3) is 1.23. The van der Waals surface area contributed by atoms with Crippen molar-refractivity contribution in [3.63, 3.8) is 0 Å². The van der Waals surface area contributed by atoms with Gasteiger partial charge in [0.25, 0.3) is 0 Å². The topological polar surface area (TPSA) is 35.0 Å². The van der Waals surface area contributed by atoms with Crippen LogP contribution in [0.1, 0.15) is 11.4 Å². The van der Waals surface area contributed by atoms with Crippen LogP contribution in [0.4, 0.5) is 0 Å². The molecule has 1 aromatic heterocycles. The average molecular weight is 138 g/mol. The first-order valence-corrected chi connectivity index (χ1v) is 3.08. The summed E-state index contributed by atoms with van der Waals surface area (Å²) in [5, 5.41) is 0. The fraction of sp³-hybridized carbons (Fsp3) is 0.429. The summed E-state index contributed by atoms with van der Waals surface area (Å²) >= 11 is 0. The minimum absolute atomic E-state index is 0.602. The molecule has 0 unspecified atom stereocenters. The molecule has 0 aromatic carbocycles.